The Balaban J connectivity index is 1.90. The van der Waals surface area contributed by atoms with Crippen molar-refractivity contribution in [3.63, 3.8) is 0 Å². The van der Waals surface area contributed by atoms with Crippen LogP contribution in [0.1, 0.15) is 12.0 Å². The summed E-state index contributed by atoms with van der Waals surface area (Å²) in [7, 11) is 1.97. The molecule has 2 rings (SSSR count). The van der Waals surface area contributed by atoms with Gasteiger partial charge in [0.1, 0.15) is 11.6 Å². The monoisotopic (exact) mass is 240 g/mol. The molecule has 1 unspecified atom stereocenters. The van der Waals surface area contributed by atoms with Crippen molar-refractivity contribution in [2.75, 3.05) is 26.7 Å². The summed E-state index contributed by atoms with van der Waals surface area (Å²) in [6.45, 7) is 3.59. The molecule has 4 heteroatoms. The van der Waals surface area contributed by atoms with Crippen molar-refractivity contribution < 1.29 is 8.78 Å². The maximum atomic E-state index is 13.4. The van der Waals surface area contributed by atoms with Crippen molar-refractivity contribution in [2.45, 2.75) is 13.0 Å². The molecule has 1 heterocycles. The Morgan fingerprint density at radius 1 is 1.41 bits per heavy atom. The molecule has 1 saturated heterocycles. The second kappa shape index (κ2) is 5.56. The van der Waals surface area contributed by atoms with Gasteiger partial charge in [0, 0.05) is 24.7 Å². The Labute approximate surface area is 101 Å². The Kier molecular flexibility index (Phi) is 4.07. The summed E-state index contributed by atoms with van der Waals surface area (Å²) < 4.78 is 26.2. The third-order valence-electron chi connectivity index (χ3n) is 3.19. The van der Waals surface area contributed by atoms with Gasteiger partial charge in [-0.05, 0) is 38.5 Å². The van der Waals surface area contributed by atoms with E-state index in [1.165, 1.54) is 18.6 Å². The Bertz CT molecular complexity index is 376. The minimum absolute atomic E-state index is 0.457. The molecule has 0 aromatic heterocycles. The van der Waals surface area contributed by atoms with E-state index >= 15 is 0 Å². The summed E-state index contributed by atoms with van der Waals surface area (Å²) >= 11 is 0. The lowest BCUT2D eigenvalue weighted by molar-refractivity contribution is 0.274. The number of hydrogen-bond donors (Lipinski definition) is 1. The third kappa shape index (κ3) is 3.48. The summed E-state index contributed by atoms with van der Waals surface area (Å²) in [5, 5.41) is 3.31. The Morgan fingerprint density at radius 2 is 2.24 bits per heavy atom. The fraction of sp³-hybridized carbons (Fsp3) is 0.538. The highest BCUT2D eigenvalue weighted by atomic mass is 19.1. The number of benzene rings is 1. The zero-order chi connectivity index (χ0) is 12.3. The zero-order valence-electron chi connectivity index (χ0n) is 10.0. The second-order valence-electron chi connectivity index (χ2n) is 4.79. The lowest BCUT2D eigenvalue weighted by Gasteiger charge is -2.20. The van der Waals surface area contributed by atoms with Crippen LogP contribution in [0.15, 0.2) is 18.2 Å². The molecule has 0 spiro atoms. The van der Waals surface area contributed by atoms with Crippen LogP contribution in [0, 0.1) is 17.6 Å². The van der Waals surface area contributed by atoms with Crippen LogP contribution in [0.25, 0.3) is 0 Å². The topological polar surface area (TPSA) is 15.3 Å². The lowest BCUT2D eigenvalue weighted by Crippen LogP contribution is -2.27. The quantitative estimate of drug-likeness (QED) is 0.866. The van der Waals surface area contributed by atoms with Crippen LogP contribution in [-0.4, -0.2) is 31.6 Å². The fourth-order valence-corrected chi connectivity index (χ4v) is 2.32. The van der Waals surface area contributed by atoms with Gasteiger partial charge >= 0.3 is 0 Å². The van der Waals surface area contributed by atoms with E-state index in [4.69, 9.17) is 0 Å². The number of hydrogen-bond acceptors (Lipinski definition) is 2. The van der Waals surface area contributed by atoms with Crippen molar-refractivity contribution >= 4 is 0 Å². The minimum Gasteiger partial charge on any atom is -0.316 e. The molecule has 94 valence electrons. The summed E-state index contributed by atoms with van der Waals surface area (Å²) in [5.74, 6) is -0.334. The molecule has 0 aliphatic carbocycles. The van der Waals surface area contributed by atoms with Gasteiger partial charge in [-0.3, -0.25) is 0 Å². The van der Waals surface area contributed by atoms with Gasteiger partial charge in [-0.1, -0.05) is 6.07 Å². The van der Waals surface area contributed by atoms with Gasteiger partial charge < -0.3 is 10.2 Å². The van der Waals surface area contributed by atoms with E-state index in [1.54, 1.807) is 0 Å². The van der Waals surface area contributed by atoms with Crippen LogP contribution in [0.2, 0.25) is 0 Å². The van der Waals surface area contributed by atoms with Crippen molar-refractivity contribution in [3.05, 3.63) is 35.4 Å². The normalized spacial score (nSPS) is 20.1. The first-order valence-corrected chi connectivity index (χ1v) is 5.98. The SMILES string of the molecule is CN(Cc1ccc(F)cc1F)CC1CCNC1. The highest BCUT2D eigenvalue weighted by Crippen LogP contribution is 2.14. The molecular formula is C13H18F2N2. The summed E-state index contributed by atoms with van der Waals surface area (Å²) in [5.41, 5.74) is 0.555. The summed E-state index contributed by atoms with van der Waals surface area (Å²) in [6.07, 6.45) is 1.18. The third-order valence-corrected chi connectivity index (χ3v) is 3.19. The van der Waals surface area contributed by atoms with Crippen molar-refractivity contribution in [1.82, 2.24) is 10.2 Å². The van der Waals surface area contributed by atoms with Crippen LogP contribution in [-0.2, 0) is 6.54 Å². The standard InChI is InChI=1S/C13H18F2N2/c1-17(8-10-4-5-16-7-10)9-11-2-3-12(14)6-13(11)15/h2-3,6,10,16H,4-5,7-9H2,1H3. The molecule has 2 nitrogen and oxygen atoms in total. The highest BCUT2D eigenvalue weighted by Gasteiger charge is 2.17. The van der Waals surface area contributed by atoms with Crippen LogP contribution >= 0.6 is 0 Å². The Morgan fingerprint density at radius 3 is 2.88 bits per heavy atom. The predicted octanol–water partition coefficient (Wildman–Crippen LogP) is 2.01. The molecule has 1 aliphatic rings. The van der Waals surface area contributed by atoms with Crippen LogP contribution in [0.4, 0.5) is 8.78 Å². The molecule has 0 radical (unpaired) electrons. The van der Waals surface area contributed by atoms with Gasteiger partial charge in [-0.2, -0.15) is 0 Å². The van der Waals surface area contributed by atoms with E-state index < -0.39 is 11.6 Å². The van der Waals surface area contributed by atoms with Gasteiger partial charge in [-0.25, -0.2) is 8.78 Å². The summed E-state index contributed by atoms with van der Waals surface area (Å²) in [6, 6.07) is 3.78. The maximum absolute atomic E-state index is 13.4. The van der Waals surface area contributed by atoms with E-state index in [-0.39, 0.29) is 0 Å². The number of nitrogens with one attached hydrogen (secondary N) is 1. The molecule has 1 fully saturated rings. The van der Waals surface area contributed by atoms with E-state index in [9.17, 15) is 8.78 Å². The fourth-order valence-electron chi connectivity index (χ4n) is 2.32. The van der Waals surface area contributed by atoms with Crippen LogP contribution < -0.4 is 5.32 Å². The second-order valence-corrected chi connectivity index (χ2v) is 4.79. The average molecular weight is 240 g/mol. The van der Waals surface area contributed by atoms with Gasteiger partial charge in [0.05, 0.1) is 0 Å². The van der Waals surface area contributed by atoms with Crippen LogP contribution in [0.5, 0.6) is 0 Å². The van der Waals surface area contributed by atoms with Gasteiger partial charge in [0.25, 0.3) is 0 Å². The number of halogens is 2. The lowest BCUT2D eigenvalue weighted by atomic mass is 10.1. The molecule has 1 aromatic carbocycles. The molecule has 0 saturated carbocycles. The molecule has 1 N–H and O–H groups in total. The molecule has 17 heavy (non-hydrogen) atoms. The molecular weight excluding hydrogens is 222 g/mol. The van der Waals surface area contributed by atoms with E-state index in [2.05, 4.69) is 10.2 Å². The first kappa shape index (κ1) is 12.5. The van der Waals surface area contributed by atoms with E-state index in [1.807, 2.05) is 7.05 Å². The molecule has 0 amide bonds. The van der Waals surface area contributed by atoms with Crippen molar-refractivity contribution in [3.8, 4) is 0 Å². The van der Waals surface area contributed by atoms with Gasteiger partial charge in [-0.15, -0.1) is 0 Å². The van der Waals surface area contributed by atoms with E-state index in [0.717, 1.165) is 25.7 Å². The number of nitrogens with zero attached hydrogens (tertiary/aromatic N) is 1. The smallest absolute Gasteiger partial charge is 0.130 e. The maximum Gasteiger partial charge on any atom is 0.130 e. The molecule has 1 atom stereocenters. The molecule has 0 bridgehead atoms. The zero-order valence-corrected chi connectivity index (χ0v) is 10.0. The first-order valence-electron chi connectivity index (χ1n) is 5.98. The van der Waals surface area contributed by atoms with Gasteiger partial charge in [0.15, 0.2) is 0 Å². The highest BCUT2D eigenvalue weighted by molar-refractivity contribution is 5.18. The van der Waals surface area contributed by atoms with Crippen molar-refractivity contribution in [2.24, 2.45) is 5.92 Å². The first-order chi connectivity index (χ1) is 8.15. The Hall–Kier alpha value is -1.00. The number of rotatable bonds is 4. The molecule has 1 aliphatic heterocycles. The average Bonchev–Trinajstić information content (AvgIpc) is 2.75. The minimum atomic E-state index is -0.520. The largest absolute Gasteiger partial charge is 0.316 e. The predicted molar refractivity (Wildman–Crippen MR) is 63.7 cm³/mol. The summed E-state index contributed by atoms with van der Waals surface area (Å²) in [4.78, 5) is 2.09. The van der Waals surface area contributed by atoms with E-state index in [0.29, 0.717) is 18.0 Å². The molecule has 1 aromatic rings. The van der Waals surface area contributed by atoms with Crippen molar-refractivity contribution in [1.29, 1.82) is 0 Å². The van der Waals surface area contributed by atoms with Crippen LogP contribution in [0.3, 0.4) is 0 Å². The van der Waals surface area contributed by atoms with Gasteiger partial charge in [0.2, 0.25) is 0 Å².